The summed E-state index contributed by atoms with van der Waals surface area (Å²) in [7, 11) is -2.62. The Kier molecular flexibility index (Phi) is 13.9. The molecule has 0 aromatic heterocycles. The van der Waals surface area contributed by atoms with Crippen LogP contribution >= 0.6 is 0 Å². The Morgan fingerprint density at radius 3 is 1.81 bits per heavy atom. The molecule has 0 amide bonds. The van der Waals surface area contributed by atoms with Crippen molar-refractivity contribution in [3.05, 3.63) is 0 Å². The SMILES string of the molecule is CCCCO[Si](CC(C)CCOCC1CO1)(OCCCC)OCCCC. The maximum Gasteiger partial charge on any atom is 0.501 e. The van der Waals surface area contributed by atoms with E-state index in [2.05, 4.69) is 27.7 Å². The first kappa shape index (κ1) is 24.1. The van der Waals surface area contributed by atoms with Crippen LogP contribution in [0.25, 0.3) is 0 Å². The molecule has 0 aromatic carbocycles. The van der Waals surface area contributed by atoms with Gasteiger partial charge in [0.05, 0.1) is 13.2 Å². The van der Waals surface area contributed by atoms with Crippen molar-refractivity contribution in [2.75, 3.05) is 39.6 Å². The van der Waals surface area contributed by atoms with Gasteiger partial charge < -0.3 is 22.8 Å². The summed E-state index contributed by atoms with van der Waals surface area (Å²) in [6.07, 6.45) is 7.90. The van der Waals surface area contributed by atoms with Crippen LogP contribution in [-0.4, -0.2) is 54.5 Å². The number of epoxide rings is 1. The number of rotatable bonds is 19. The first-order valence-electron chi connectivity index (χ1n) is 10.8. The molecule has 0 radical (unpaired) electrons. The Morgan fingerprint density at radius 2 is 1.38 bits per heavy atom. The second-order valence-corrected chi connectivity index (χ2v) is 10.1. The monoisotopic (exact) mass is 390 g/mol. The fraction of sp³-hybridized carbons (Fsp3) is 1.00. The molecule has 0 aromatic rings. The maximum absolute atomic E-state index is 6.32. The molecule has 5 nitrogen and oxygen atoms in total. The number of unbranched alkanes of at least 4 members (excludes halogenated alkanes) is 3. The number of ether oxygens (including phenoxy) is 2. The molecule has 2 atom stereocenters. The summed E-state index contributed by atoms with van der Waals surface area (Å²) in [5, 5.41) is 0. The number of hydrogen-bond donors (Lipinski definition) is 0. The molecular formula is C20H42O5Si. The van der Waals surface area contributed by atoms with Crippen LogP contribution in [0.15, 0.2) is 0 Å². The van der Waals surface area contributed by atoms with Crippen LogP contribution in [-0.2, 0) is 22.8 Å². The Bertz CT molecular complexity index is 299. The third kappa shape index (κ3) is 11.7. The molecule has 1 aliphatic rings. The van der Waals surface area contributed by atoms with Crippen LogP contribution in [0, 0.1) is 5.92 Å². The van der Waals surface area contributed by atoms with Crippen molar-refractivity contribution in [3.63, 3.8) is 0 Å². The van der Waals surface area contributed by atoms with Crippen molar-refractivity contribution < 1.29 is 22.8 Å². The molecule has 156 valence electrons. The van der Waals surface area contributed by atoms with E-state index in [1.807, 2.05) is 0 Å². The summed E-state index contributed by atoms with van der Waals surface area (Å²) in [4.78, 5) is 0. The molecule has 1 fully saturated rings. The first-order valence-corrected chi connectivity index (χ1v) is 12.7. The molecule has 0 aliphatic carbocycles. The molecule has 0 N–H and O–H groups in total. The smallest absolute Gasteiger partial charge is 0.379 e. The lowest BCUT2D eigenvalue weighted by Gasteiger charge is -2.32. The van der Waals surface area contributed by atoms with E-state index in [-0.39, 0.29) is 0 Å². The summed E-state index contributed by atoms with van der Waals surface area (Å²) < 4.78 is 29.9. The average molecular weight is 391 g/mol. The van der Waals surface area contributed by atoms with Crippen LogP contribution < -0.4 is 0 Å². The van der Waals surface area contributed by atoms with E-state index in [9.17, 15) is 0 Å². The quantitative estimate of drug-likeness (QED) is 0.180. The van der Waals surface area contributed by atoms with Gasteiger partial charge in [-0.15, -0.1) is 0 Å². The molecule has 1 saturated heterocycles. The lowest BCUT2D eigenvalue weighted by Crippen LogP contribution is -2.48. The van der Waals surface area contributed by atoms with Crippen molar-refractivity contribution in [1.29, 1.82) is 0 Å². The zero-order valence-electron chi connectivity index (χ0n) is 17.6. The van der Waals surface area contributed by atoms with Gasteiger partial charge in [0.15, 0.2) is 0 Å². The molecule has 0 saturated carbocycles. The van der Waals surface area contributed by atoms with E-state index < -0.39 is 8.80 Å². The summed E-state index contributed by atoms with van der Waals surface area (Å²) in [5.74, 6) is 0.465. The molecule has 6 heteroatoms. The van der Waals surface area contributed by atoms with Crippen LogP contribution in [0.2, 0.25) is 6.04 Å². The molecule has 1 aliphatic heterocycles. The van der Waals surface area contributed by atoms with Gasteiger partial charge in [0.2, 0.25) is 0 Å². The highest BCUT2D eigenvalue weighted by Crippen LogP contribution is 2.25. The van der Waals surface area contributed by atoms with E-state index in [1.54, 1.807) is 0 Å². The van der Waals surface area contributed by atoms with Gasteiger partial charge in [-0.25, -0.2) is 0 Å². The molecule has 1 rings (SSSR count). The van der Waals surface area contributed by atoms with Gasteiger partial charge >= 0.3 is 8.80 Å². The lowest BCUT2D eigenvalue weighted by atomic mass is 10.1. The second-order valence-electron chi connectivity index (χ2n) is 7.42. The summed E-state index contributed by atoms with van der Waals surface area (Å²) in [6.45, 7) is 13.4. The normalized spacial score (nSPS) is 18.2. The van der Waals surface area contributed by atoms with Crippen LogP contribution in [0.1, 0.15) is 72.6 Å². The van der Waals surface area contributed by atoms with Crippen LogP contribution in [0.4, 0.5) is 0 Å². The molecule has 2 unspecified atom stereocenters. The maximum atomic E-state index is 6.32. The minimum absolute atomic E-state index is 0.339. The van der Waals surface area contributed by atoms with E-state index in [4.69, 9.17) is 22.8 Å². The number of hydrogen-bond acceptors (Lipinski definition) is 5. The Hall–Kier alpha value is 0.0169. The molecule has 0 spiro atoms. The fourth-order valence-corrected chi connectivity index (χ4v) is 5.64. The highest BCUT2D eigenvalue weighted by Gasteiger charge is 2.42. The van der Waals surface area contributed by atoms with Gasteiger partial charge in [-0.3, -0.25) is 0 Å². The van der Waals surface area contributed by atoms with E-state index in [0.29, 0.717) is 12.0 Å². The topological polar surface area (TPSA) is 49.5 Å². The van der Waals surface area contributed by atoms with E-state index in [1.165, 1.54) is 0 Å². The predicted octanol–water partition coefficient (Wildman–Crippen LogP) is 4.82. The van der Waals surface area contributed by atoms with Gasteiger partial charge in [-0.05, 0) is 31.6 Å². The summed E-state index contributed by atoms with van der Waals surface area (Å²) in [6, 6.07) is 0.882. The van der Waals surface area contributed by atoms with Crippen molar-refractivity contribution in [2.45, 2.75) is 84.8 Å². The minimum Gasteiger partial charge on any atom is -0.379 e. The zero-order chi connectivity index (χ0) is 19.1. The van der Waals surface area contributed by atoms with Gasteiger partial charge in [0, 0.05) is 32.5 Å². The standard InChI is InChI=1S/C20H42O5Si/c1-5-8-12-23-26(24-13-9-6-2,25-14-10-7-3)18-19(4)11-15-21-16-20-17-22-20/h19-20H,5-18H2,1-4H3. The van der Waals surface area contributed by atoms with E-state index >= 15 is 0 Å². The Morgan fingerprint density at radius 1 is 0.885 bits per heavy atom. The van der Waals surface area contributed by atoms with Gasteiger partial charge in [0.25, 0.3) is 0 Å². The largest absolute Gasteiger partial charge is 0.501 e. The third-order valence-corrected chi connectivity index (χ3v) is 7.65. The average Bonchev–Trinajstić information content (AvgIpc) is 3.44. The fourth-order valence-electron chi connectivity index (χ4n) is 2.61. The highest BCUT2D eigenvalue weighted by atomic mass is 28.4. The summed E-state index contributed by atoms with van der Waals surface area (Å²) >= 11 is 0. The Labute approximate surface area is 162 Å². The second kappa shape index (κ2) is 15.0. The van der Waals surface area contributed by atoms with Crippen LogP contribution in [0.3, 0.4) is 0 Å². The van der Waals surface area contributed by atoms with E-state index in [0.717, 1.165) is 90.6 Å². The first-order chi connectivity index (χ1) is 12.7. The van der Waals surface area contributed by atoms with Crippen molar-refractivity contribution in [2.24, 2.45) is 5.92 Å². The molecular weight excluding hydrogens is 348 g/mol. The highest BCUT2D eigenvalue weighted by molar-refractivity contribution is 6.60. The molecule has 1 heterocycles. The zero-order valence-corrected chi connectivity index (χ0v) is 18.6. The third-order valence-electron chi connectivity index (χ3n) is 4.52. The predicted molar refractivity (Wildman–Crippen MR) is 107 cm³/mol. The Balaban J connectivity index is 2.52. The minimum atomic E-state index is -2.62. The van der Waals surface area contributed by atoms with Crippen molar-refractivity contribution in [3.8, 4) is 0 Å². The van der Waals surface area contributed by atoms with Crippen molar-refractivity contribution >= 4 is 8.80 Å². The molecule has 0 bridgehead atoms. The van der Waals surface area contributed by atoms with Crippen molar-refractivity contribution in [1.82, 2.24) is 0 Å². The lowest BCUT2D eigenvalue weighted by molar-refractivity contribution is 0.0502. The summed E-state index contributed by atoms with van der Waals surface area (Å²) in [5.41, 5.74) is 0. The van der Waals surface area contributed by atoms with Gasteiger partial charge in [0.1, 0.15) is 6.10 Å². The van der Waals surface area contributed by atoms with Crippen LogP contribution in [0.5, 0.6) is 0 Å². The van der Waals surface area contributed by atoms with Gasteiger partial charge in [-0.2, -0.15) is 0 Å². The molecule has 26 heavy (non-hydrogen) atoms. The van der Waals surface area contributed by atoms with Gasteiger partial charge in [-0.1, -0.05) is 47.0 Å².